The molecule has 0 aliphatic carbocycles. The van der Waals surface area contributed by atoms with Crippen molar-refractivity contribution in [3.63, 3.8) is 0 Å². The van der Waals surface area contributed by atoms with Crippen LogP contribution in [0, 0.1) is 5.92 Å². The zero-order valence-electron chi connectivity index (χ0n) is 11.8. The highest BCUT2D eigenvalue weighted by molar-refractivity contribution is 5.53. The first-order valence-corrected chi connectivity index (χ1v) is 7.15. The summed E-state index contributed by atoms with van der Waals surface area (Å²) in [7, 11) is 0. The van der Waals surface area contributed by atoms with Crippen LogP contribution in [0.4, 0.5) is 5.69 Å². The quantitative estimate of drug-likeness (QED) is 0.817. The number of fused-ring (bicyclic) bond motifs is 1. The average Bonchev–Trinajstić information content (AvgIpc) is 2.79. The van der Waals surface area contributed by atoms with Crippen molar-refractivity contribution in [1.29, 1.82) is 0 Å². The molecule has 1 aromatic carbocycles. The highest BCUT2D eigenvalue weighted by Gasteiger charge is 2.31. The van der Waals surface area contributed by atoms with Crippen molar-refractivity contribution in [2.45, 2.75) is 32.5 Å². The predicted octanol–water partition coefficient (Wildman–Crippen LogP) is 1.34. The van der Waals surface area contributed by atoms with Crippen LogP contribution in [0.2, 0.25) is 0 Å². The van der Waals surface area contributed by atoms with E-state index in [1.807, 2.05) is 12.1 Å². The van der Waals surface area contributed by atoms with Crippen molar-refractivity contribution in [1.82, 2.24) is 4.90 Å². The van der Waals surface area contributed by atoms with Gasteiger partial charge in [-0.2, -0.15) is 0 Å². The van der Waals surface area contributed by atoms with Gasteiger partial charge < -0.3 is 20.3 Å². The van der Waals surface area contributed by atoms with Crippen molar-refractivity contribution in [3.8, 4) is 5.75 Å². The number of aliphatic hydroxyl groups excluding tert-OH is 1. The standard InChI is InChI=1S/C15H22N2O3/c1-10-2-3-17(14(10)7-18)6-11-4-13(16)5-12-8-19-9-20-15(11)12/h4-5,10,14,18H,2-3,6-9,16H2,1H3. The topological polar surface area (TPSA) is 68.0 Å². The SMILES string of the molecule is CC1CCN(Cc2cc(N)cc3c2OCOC3)C1CO. The number of hydrogen-bond acceptors (Lipinski definition) is 5. The number of likely N-dealkylation sites (tertiary alicyclic amines) is 1. The molecule has 0 bridgehead atoms. The van der Waals surface area contributed by atoms with E-state index in [1.165, 1.54) is 0 Å². The van der Waals surface area contributed by atoms with E-state index in [-0.39, 0.29) is 12.6 Å². The number of hydrogen-bond donors (Lipinski definition) is 2. The van der Waals surface area contributed by atoms with E-state index in [0.717, 1.165) is 42.1 Å². The van der Waals surface area contributed by atoms with Crippen molar-refractivity contribution in [3.05, 3.63) is 23.3 Å². The number of anilines is 1. The van der Waals surface area contributed by atoms with Gasteiger partial charge in [-0.15, -0.1) is 0 Å². The molecule has 3 N–H and O–H groups in total. The van der Waals surface area contributed by atoms with Crippen LogP contribution in [0.15, 0.2) is 12.1 Å². The van der Waals surface area contributed by atoms with Crippen LogP contribution in [0.5, 0.6) is 5.75 Å². The Morgan fingerprint density at radius 3 is 3.10 bits per heavy atom. The Balaban J connectivity index is 1.85. The van der Waals surface area contributed by atoms with Crippen LogP contribution in [0.25, 0.3) is 0 Å². The van der Waals surface area contributed by atoms with E-state index in [1.54, 1.807) is 0 Å². The number of nitrogens with two attached hydrogens (primary N) is 1. The summed E-state index contributed by atoms with van der Waals surface area (Å²) >= 11 is 0. The first-order chi connectivity index (χ1) is 9.69. The van der Waals surface area contributed by atoms with Gasteiger partial charge in [0, 0.05) is 29.4 Å². The zero-order chi connectivity index (χ0) is 14.1. The Kier molecular flexibility index (Phi) is 3.83. The second kappa shape index (κ2) is 5.60. The fraction of sp³-hybridized carbons (Fsp3) is 0.600. The first-order valence-electron chi connectivity index (χ1n) is 7.15. The van der Waals surface area contributed by atoms with Gasteiger partial charge in [0.15, 0.2) is 6.79 Å². The summed E-state index contributed by atoms with van der Waals surface area (Å²) in [6.45, 7) is 5.02. The molecule has 110 valence electrons. The minimum absolute atomic E-state index is 0.204. The number of aliphatic hydroxyl groups is 1. The summed E-state index contributed by atoms with van der Waals surface area (Å²) in [5.41, 5.74) is 8.82. The van der Waals surface area contributed by atoms with Crippen LogP contribution < -0.4 is 10.5 Å². The van der Waals surface area contributed by atoms with E-state index in [9.17, 15) is 5.11 Å². The maximum Gasteiger partial charge on any atom is 0.189 e. The van der Waals surface area contributed by atoms with Gasteiger partial charge in [-0.1, -0.05) is 6.92 Å². The van der Waals surface area contributed by atoms with Crippen LogP contribution in [0.3, 0.4) is 0 Å². The van der Waals surface area contributed by atoms with E-state index in [2.05, 4.69) is 11.8 Å². The number of benzene rings is 1. The number of nitrogen functional groups attached to an aromatic ring is 1. The van der Waals surface area contributed by atoms with Crippen molar-refractivity contribution < 1.29 is 14.6 Å². The van der Waals surface area contributed by atoms with Crippen molar-refractivity contribution in [2.24, 2.45) is 5.92 Å². The molecule has 0 radical (unpaired) electrons. The molecule has 0 spiro atoms. The largest absolute Gasteiger partial charge is 0.467 e. The Morgan fingerprint density at radius 1 is 1.45 bits per heavy atom. The summed E-state index contributed by atoms with van der Waals surface area (Å²) < 4.78 is 11.0. The summed E-state index contributed by atoms with van der Waals surface area (Å²) in [4.78, 5) is 2.32. The molecule has 1 fully saturated rings. The maximum atomic E-state index is 9.56. The van der Waals surface area contributed by atoms with Crippen LogP contribution in [0.1, 0.15) is 24.5 Å². The molecule has 2 unspecified atom stereocenters. The molecule has 0 amide bonds. The normalized spacial score (nSPS) is 26.3. The van der Waals surface area contributed by atoms with Gasteiger partial charge in [0.1, 0.15) is 5.75 Å². The Labute approximate surface area is 119 Å². The Hall–Kier alpha value is -1.30. The monoisotopic (exact) mass is 278 g/mol. The highest BCUT2D eigenvalue weighted by Crippen LogP contribution is 2.34. The molecular weight excluding hydrogens is 256 g/mol. The van der Waals surface area contributed by atoms with Gasteiger partial charge in [-0.25, -0.2) is 0 Å². The molecule has 0 aromatic heterocycles. The molecule has 2 heterocycles. The third kappa shape index (κ3) is 2.49. The predicted molar refractivity (Wildman–Crippen MR) is 76.2 cm³/mol. The molecule has 2 aliphatic heterocycles. The summed E-state index contributed by atoms with van der Waals surface area (Å²) in [5.74, 6) is 1.43. The lowest BCUT2D eigenvalue weighted by Crippen LogP contribution is -2.35. The van der Waals surface area contributed by atoms with Crippen LogP contribution in [-0.2, 0) is 17.9 Å². The van der Waals surface area contributed by atoms with Gasteiger partial charge in [-0.05, 0) is 31.0 Å². The second-order valence-electron chi connectivity index (χ2n) is 5.77. The van der Waals surface area contributed by atoms with Crippen LogP contribution >= 0.6 is 0 Å². The number of rotatable bonds is 3. The smallest absolute Gasteiger partial charge is 0.189 e. The van der Waals surface area contributed by atoms with E-state index in [4.69, 9.17) is 15.2 Å². The third-order valence-electron chi connectivity index (χ3n) is 4.37. The van der Waals surface area contributed by atoms with Gasteiger partial charge in [0.2, 0.25) is 0 Å². The fourth-order valence-electron chi connectivity index (χ4n) is 3.24. The van der Waals surface area contributed by atoms with E-state index < -0.39 is 0 Å². The van der Waals surface area contributed by atoms with Crippen LogP contribution in [-0.4, -0.2) is 36.0 Å². The minimum atomic E-state index is 0.204. The lowest BCUT2D eigenvalue weighted by atomic mass is 10.0. The van der Waals surface area contributed by atoms with Gasteiger partial charge in [0.05, 0.1) is 13.2 Å². The molecule has 1 saturated heterocycles. The zero-order valence-corrected chi connectivity index (χ0v) is 11.8. The lowest BCUT2D eigenvalue weighted by Gasteiger charge is -2.28. The Bertz CT molecular complexity index is 492. The van der Waals surface area contributed by atoms with E-state index in [0.29, 0.717) is 19.3 Å². The summed E-state index contributed by atoms with van der Waals surface area (Å²) in [6.07, 6.45) is 1.12. The summed E-state index contributed by atoms with van der Waals surface area (Å²) in [6, 6.07) is 4.11. The molecule has 5 heteroatoms. The minimum Gasteiger partial charge on any atom is -0.467 e. The molecule has 2 atom stereocenters. The third-order valence-corrected chi connectivity index (χ3v) is 4.37. The molecule has 3 rings (SSSR count). The number of nitrogens with zero attached hydrogens (tertiary/aromatic N) is 1. The first kappa shape index (κ1) is 13.7. The molecule has 0 saturated carbocycles. The molecule has 5 nitrogen and oxygen atoms in total. The maximum absolute atomic E-state index is 9.56. The molecule has 1 aromatic rings. The fourth-order valence-corrected chi connectivity index (χ4v) is 3.24. The molecule has 2 aliphatic rings. The van der Waals surface area contributed by atoms with Gasteiger partial charge >= 0.3 is 0 Å². The molecule has 20 heavy (non-hydrogen) atoms. The van der Waals surface area contributed by atoms with Gasteiger partial charge in [0.25, 0.3) is 0 Å². The van der Waals surface area contributed by atoms with E-state index >= 15 is 0 Å². The van der Waals surface area contributed by atoms with Crippen molar-refractivity contribution in [2.75, 3.05) is 25.7 Å². The average molecular weight is 278 g/mol. The highest BCUT2D eigenvalue weighted by atomic mass is 16.7. The Morgan fingerprint density at radius 2 is 2.30 bits per heavy atom. The van der Waals surface area contributed by atoms with Gasteiger partial charge in [-0.3, -0.25) is 4.90 Å². The second-order valence-corrected chi connectivity index (χ2v) is 5.77. The number of ether oxygens (including phenoxy) is 2. The van der Waals surface area contributed by atoms with Crippen molar-refractivity contribution >= 4 is 5.69 Å². The summed E-state index contributed by atoms with van der Waals surface area (Å²) in [5, 5.41) is 9.56. The lowest BCUT2D eigenvalue weighted by molar-refractivity contribution is -0.0176. The molecular formula is C15H22N2O3.